The van der Waals surface area contributed by atoms with E-state index in [9.17, 15) is 5.11 Å². The fraction of sp³-hybridized carbons (Fsp3) is 0.133. The molecular formula is C15H11Br2NO2. The van der Waals surface area contributed by atoms with Crippen molar-refractivity contribution in [3.8, 4) is 0 Å². The molecule has 3 rings (SSSR count). The summed E-state index contributed by atoms with van der Waals surface area (Å²) in [6, 6.07) is 13.3. The first-order chi connectivity index (χ1) is 9.63. The number of oxazole rings is 1. The minimum absolute atomic E-state index is 0.342. The summed E-state index contributed by atoms with van der Waals surface area (Å²) < 4.78 is 7.45. The van der Waals surface area contributed by atoms with Crippen LogP contribution in [0.5, 0.6) is 0 Å². The van der Waals surface area contributed by atoms with Gasteiger partial charge in [0.2, 0.25) is 0 Å². The highest BCUT2D eigenvalue weighted by atomic mass is 79.9. The van der Waals surface area contributed by atoms with Crippen LogP contribution in [0, 0.1) is 0 Å². The van der Waals surface area contributed by atoms with Crippen molar-refractivity contribution in [2.75, 3.05) is 0 Å². The average Bonchev–Trinajstić information content (AvgIpc) is 2.80. The molecule has 20 heavy (non-hydrogen) atoms. The first-order valence-electron chi connectivity index (χ1n) is 6.11. The van der Waals surface area contributed by atoms with E-state index in [0.29, 0.717) is 12.3 Å². The predicted octanol–water partition coefficient (Wildman–Crippen LogP) is 4.63. The van der Waals surface area contributed by atoms with Gasteiger partial charge in [-0.3, -0.25) is 0 Å². The number of nitrogens with zero attached hydrogens (tertiary/aromatic N) is 1. The third kappa shape index (κ3) is 2.80. The van der Waals surface area contributed by atoms with Gasteiger partial charge in [0.15, 0.2) is 11.5 Å². The molecule has 1 atom stereocenters. The molecule has 0 aliphatic heterocycles. The van der Waals surface area contributed by atoms with E-state index in [4.69, 9.17) is 4.42 Å². The third-order valence-corrected chi connectivity index (χ3v) is 4.21. The van der Waals surface area contributed by atoms with E-state index in [1.165, 1.54) is 0 Å². The monoisotopic (exact) mass is 395 g/mol. The number of aromatic nitrogens is 1. The van der Waals surface area contributed by atoms with Gasteiger partial charge in [0, 0.05) is 8.95 Å². The molecule has 0 amide bonds. The molecule has 0 saturated heterocycles. The zero-order valence-corrected chi connectivity index (χ0v) is 13.6. The molecule has 5 heteroatoms. The van der Waals surface area contributed by atoms with E-state index >= 15 is 0 Å². The van der Waals surface area contributed by atoms with Gasteiger partial charge < -0.3 is 9.52 Å². The lowest BCUT2D eigenvalue weighted by Crippen LogP contribution is -2.03. The zero-order valence-electron chi connectivity index (χ0n) is 10.4. The van der Waals surface area contributed by atoms with Crippen molar-refractivity contribution in [1.29, 1.82) is 0 Å². The highest BCUT2D eigenvalue weighted by Gasteiger charge is 2.16. The Kier molecular flexibility index (Phi) is 3.92. The lowest BCUT2D eigenvalue weighted by molar-refractivity contribution is 0.168. The molecule has 3 nitrogen and oxygen atoms in total. The van der Waals surface area contributed by atoms with Crippen molar-refractivity contribution in [3.05, 3.63) is 62.9 Å². The van der Waals surface area contributed by atoms with E-state index in [2.05, 4.69) is 36.8 Å². The Morgan fingerprint density at radius 2 is 1.95 bits per heavy atom. The molecule has 2 aromatic carbocycles. The second kappa shape index (κ2) is 5.68. The molecule has 0 aliphatic rings. The predicted molar refractivity (Wildman–Crippen MR) is 84.5 cm³/mol. The highest BCUT2D eigenvalue weighted by Crippen LogP contribution is 2.29. The fourth-order valence-corrected chi connectivity index (χ4v) is 3.37. The van der Waals surface area contributed by atoms with Crippen LogP contribution in [-0.2, 0) is 6.42 Å². The van der Waals surface area contributed by atoms with Gasteiger partial charge in [-0.25, -0.2) is 4.98 Å². The van der Waals surface area contributed by atoms with Crippen LogP contribution in [0.2, 0.25) is 0 Å². The summed E-state index contributed by atoms with van der Waals surface area (Å²) in [7, 11) is 0. The van der Waals surface area contributed by atoms with E-state index in [-0.39, 0.29) is 0 Å². The maximum absolute atomic E-state index is 10.3. The summed E-state index contributed by atoms with van der Waals surface area (Å²) in [4.78, 5) is 4.37. The number of aliphatic hydroxyl groups excluding tert-OH is 1. The van der Waals surface area contributed by atoms with Crippen LogP contribution in [0.15, 0.2) is 55.8 Å². The summed E-state index contributed by atoms with van der Waals surface area (Å²) in [5.74, 6) is 0.536. The number of rotatable bonds is 3. The van der Waals surface area contributed by atoms with Crippen LogP contribution in [0.25, 0.3) is 11.1 Å². The Hall–Kier alpha value is -1.17. The number of para-hydroxylation sites is 2. The van der Waals surface area contributed by atoms with Gasteiger partial charge >= 0.3 is 0 Å². The number of halogens is 2. The van der Waals surface area contributed by atoms with Gasteiger partial charge in [-0.1, -0.05) is 50.1 Å². The number of hydrogen-bond donors (Lipinski definition) is 1. The summed E-state index contributed by atoms with van der Waals surface area (Å²) in [5, 5.41) is 10.3. The summed E-state index contributed by atoms with van der Waals surface area (Å²) >= 11 is 6.85. The fourth-order valence-electron chi connectivity index (χ4n) is 2.05. The first-order valence-corrected chi connectivity index (χ1v) is 7.69. The number of benzene rings is 2. The van der Waals surface area contributed by atoms with Crippen molar-refractivity contribution in [1.82, 2.24) is 4.98 Å². The molecular weight excluding hydrogens is 386 g/mol. The normalized spacial score (nSPS) is 12.8. The molecule has 1 N–H and O–H groups in total. The quantitative estimate of drug-likeness (QED) is 0.701. The molecule has 0 aliphatic carbocycles. The molecule has 0 bridgehead atoms. The van der Waals surface area contributed by atoms with Gasteiger partial charge in [-0.05, 0) is 29.8 Å². The van der Waals surface area contributed by atoms with Crippen LogP contribution in [-0.4, -0.2) is 10.1 Å². The molecule has 0 fully saturated rings. The number of aliphatic hydroxyl groups is 1. The van der Waals surface area contributed by atoms with Crippen molar-refractivity contribution in [3.63, 3.8) is 0 Å². The topological polar surface area (TPSA) is 46.3 Å². The highest BCUT2D eigenvalue weighted by molar-refractivity contribution is 9.11. The molecule has 0 saturated carbocycles. The van der Waals surface area contributed by atoms with E-state index in [0.717, 1.165) is 25.6 Å². The van der Waals surface area contributed by atoms with Crippen molar-refractivity contribution >= 4 is 43.0 Å². The second-order valence-corrected chi connectivity index (χ2v) is 6.23. The van der Waals surface area contributed by atoms with E-state index in [1.807, 2.05) is 42.5 Å². The lowest BCUT2D eigenvalue weighted by Gasteiger charge is -2.11. The smallest absolute Gasteiger partial charge is 0.198 e. The Bertz CT molecular complexity index is 721. The molecule has 0 spiro atoms. The summed E-state index contributed by atoms with van der Waals surface area (Å²) in [6.07, 6.45) is -0.319. The largest absolute Gasteiger partial charge is 0.441 e. The Balaban J connectivity index is 1.86. The van der Waals surface area contributed by atoms with Crippen molar-refractivity contribution in [2.24, 2.45) is 0 Å². The van der Waals surface area contributed by atoms with Crippen molar-refractivity contribution in [2.45, 2.75) is 12.5 Å². The van der Waals surface area contributed by atoms with E-state index < -0.39 is 6.10 Å². The third-order valence-electron chi connectivity index (χ3n) is 3.03. The van der Waals surface area contributed by atoms with Crippen LogP contribution in [0.1, 0.15) is 17.6 Å². The summed E-state index contributed by atoms with van der Waals surface area (Å²) in [6.45, 7) is 0. The van der Waals surface area contributed by atoms with Gasteiger partial charge in [-0.15, -0.1) is 0 Å². The van der Waals surface area contributed by atoms with E-state index in [1.54, 1.807) is 0 Å². The SMILES string of the molecule is OC(Cc1nc2ccccc2o1)c1ccc(Br)cc1Br. The first kappa shape index (κ1) is 13.8. The zero-order chi connectivity index (χ0) is 14.1. The molecule has 0 radical (unpaired) electrons. The van der Waals surface area contributed by atoms with Gasteiger partial charge in [0.1, 0.15) is 5.52 Å². The van der Waals surface area contributed by atoms with Gasteiger partial charge in [0.25, 0.3) is 0 Å². The van der Waals surface area contributed by atoms with Gasteiger partial charge in [-0.2, -0.15) is 0 Å². The Labute approximate surface area is 132 Å². The molecule has 1 unspecified atom stereocenters. The minimum Gasteiger partial charge on any atom is -0.441 e. The maximum Gasteiger partial charge on any atom is 0.198 e. The Morgan fingerprint density at radius 3 is 2.70 bits per heavy atom. The molecule has 102 valence electrons. The van der Waals surface area contributed by atoms with Gasteiger partial charge in [0.05, 0.1) is 12.5 Å². The van der Waals surface area contributed by atoms with Crippen molar-refractivity contribution < 1.29 is 9.52 Å². The lowest BCUT2D eigenvalue weighted by atomic mass is 10.1. The molecule has 1 aromatic heterocycles. The van der Waals surface area contributed by atoms with Crippen LogP contribution in [0.3, 0.4) is 0 Å². The Morgan fingerprint density at radius 1 is 1.15 bits per heavy atom. The molecule has 1 heterocycles. The van der Waals surface area contributed by atoms with Crippen LogP contribution in [0.4, 0.5) is 0 Å². The average molecular weight is 397 g/mol. The van der Waals surface area contributed by atoms with Crippen LogP contribution >= 0.6 is 31.9 Å². The summed E-state index contributed by atoms with van der Waals surface area (Å²) in [5.41, 5.74) is 2.37. The maximum atomic E-state index is 10.3. The standard InChI is InChI=1S/C15H11Br2NO2/c16-9-5-6-10(11(17)7-9)13(19)8-15-18-12-3-1-2-4-14(12)20-15/h1-7,13,19H,8H2. The van der Waals surface area contributed by atoms with Crippen LogP contribution < -0.4 is 0 Å². The second-order valence-electron chi connectivity index (χ2n) is 4.46. The number of fused-ring (bicyclic) bond motifs is 1. The number of hydrogen-bond acceptors (Lipinski definition) is 3. The minimum atomic E-state index is -0.662. The molecule has 3 aromatic rings.